The summed E-state index contributed by atoms with van der Waals surface area (Å²) in [6.45, 7) is 0. The van der Waals surface area contributed by atoms with Crippen LogP contribution in [0.1, 0.15) is 0 Å². The lowest BCUT2D eigenvalue weighted by Crippen LogP contribution is -1.89. The molecule has 0 aliphatic carbocycles. The Morgan fingerprint density at radius 3 is 1.43 bits per heavy atom. The minimum atomic E-state index is -1.23. The summed E-state index contributed by atoms with van der Waals surface area (Å²) >= 11 is 0. The molecule has 0 saturated heterocycles. The average Bonchev–Trinajstić information content (AvgIpc) is 2.11. The minimum Gasteiger partial charge on any atom is -0.204 e. The SMILES string of the molecule is Fc1[c]c2cc(F)c(F)[c]c2cc1F. The van der Waals surface area contributed by atoms with E-state index in [0.29, 0.717) is 0 Å². The van der Waals surface area contributed by atoms with Crippen molar-refractivity contribution < 1.29 is 17.6 Å². The van der Waals surface area contributed by atoms with E-state index in [1.54, 1.807) is 0 Å². The Kier molecular flexibility index (Phi) is 1.91. The van der Waals surface area contributed by atoms with Crippen molar-refractivity contribution in [2.45, 2.75) is 0 Å². The fraction of sp³-hybridized carbons (Fsp3) is 0. The maximum absolute atomic E-state index is 12.6. The summed E-state index contributed by atoms with van der Waals surface area (Å²) in [5, 5.41) is -0.106. The van der Waals surface area contributed by atoms with Crippen molar-refractivity contribution in [2.24, 2.45) is 0 Å². The fourth-order valence-electron chi connectivity index (χ4n) is 1.10. The molecule has 2 rings (SSSR count). The van der Waals surface area contributed by atoms with Gasteiger partial charge in [0.25, 0.3) is 0 Å². The standard InChI is InChI=1S/C10H2F4/c11-7-1-5-2-9(13)10(14)4-6(5)3-8(7)12/h1,4H. The van der Waals surface area contributed by atoms with E-state index in [2.05, 4.69) is 0 Å². The van der Waals surface area contributed by atoms with Crippen LogP contribution in [0.15, 0.2) is 12.1 Å². The summed E-state index contributed by atoms with van der Waals surface area (Å²) < 4.78 is 50.5. The number of rotatable bonds is 0. The van der Waals surface area contributed by atoms with Gasteiger partial charge in [-0.1, -0.05) is 0 Å². The molecule has 0 aliphatic rings. The lowest BCUT2D eigenvalue weighted by molar-refractivity contribution is 0.504. The molecule has 0 amide bonds. The Morgan fingerprint density at radius 2 is 1.07 bits per heavy atom. The van der Waals surface area contributed by atoms with Crippen molar-refractivity contribution in [3.63, 3.8) is 0 Å². The van der Waals surface area contributed by atoms with Gasteiger partial charge in [-0.3, -0.25) is 0 Å². The van der Waals surface area contributed by atoms with Crippen molar-refractivity contribution in [3.05, 3.63) is 47.5 Å². The summed E-state index contributed by atoms with van der Waals surface area (Å²) in [6, 6.07) is 5.37. The third-order valence-electron chi connectivity index (χ3n) is 1.74. The first-order valence-electron chi connectivity index (χ1n) is 3.66. The lowest BCUT2D eigenvalue weighted by Gasteiger charge is -1.99. The molecule has 0 aliphatic heterocycles. The number of benzene rings is 2. The molecular formula is C10H2F4. The van der Waals surface area contributed by atoms with E-state index < -0.39 is 23.3 Å². The highest BCUT2D eigenvalue weighted by Crippen LogP contribution is 2.20. The summed E-state index contributed by atoms with van der Waals surface area (Å²) in [5.74, 6) is -4.78. The highest BCUT2D eigenvalue weighted by Gasteiger charge is 2.09. The van der Waals surface area contributed by atoms with Gasteiger partial charge in [-0.2, -0.15) is 0 Å². The molecule has 2 radical (unpaired) electrons. The molecule has 0 N–H and O–H groups in total. The molecule has 4 heteroatoms. The molecule has 2 aromatic rings. The highest BCUT2D eigenvalue weighted by molar-refractivity contribution is 5.81. The lowest BCUT2D eigenvalue weighted by atomic mass is 10.1. The Bertz CT molecular complexity index is 416. The van der Waals surface area contributed by atoms with Crippen LogP contribution in [0.5, 0.6) is 0 Å². The molecule has 0 bridgehead atoms. The zero-order chi connectivity index (χ0) is 10.3. The summed E-state index contributed by atoms with van der Waals surface area (Å²) in [5.41, 5.74) is 0. The van der Waals surface area contributed by atoms with E-state index in [1.807, 2.05) is 12.1 Å². The van der Waals surface area contributed by atoms with E-state index in [0.717, 1.165) is 12.1 Å². The van der Waals surface area contributed by atoms with Gasteiger partial charge in [0, 0.05) is 12.1 Å². The molecule has 0 nitrogen and oxygen atoms in total. The summed E-state index contributed by atoms with van der Waals surface area (Å²) in [4.78, 5) is 0. The molecule has 0 saturated carbocycles. The second kappa shape index (κ2) is 2.97. The molecule has 0 heterocycles. The van der Waals surface area contributed by atoms with Crippen molar-refractivity contribution in [1.82, 2.24) is 0 Å². The molecule has 14 heavy (non-hydrogen) atoms. The van der Waals surface area contributed by atoms with Gasteiger partial charge in [0.1, 0.15) is 0 Å². The van der Waals surface area contributed by atoms with Gasteiger partial charge in [0.05, 0.1) is 0 Å². The van der Waals surface area contributed by atoms with Crippen LogP contribution in [-0.4, -0.2) is 0 Å². The number of halogens is 4. The van der Waals surface area contributed by atoms with Crippen LogP contribution >= 0.6 is 0 Å². The smallest absolute Gasteiger partial charge is 0.167 e. The zero-order valence-electron chi connectivity index (χ0n) is 6.67. The van der Waals surface area contributed by atoms with Crippen LogP contribution in [0.25, 0.3) is 10.8 Å². The van der Waals surface area contributed by atoms with E-state index in [4.69, 9.17) is 0 Å². The zero-order valence-corrected chi connectivity index (χ0v) is 6.67. The largest absolute Gasteiger partial charge is 0.204 e. The van der Waals surface area contributed by atoms with Gasteiger partial charge in [0.2, 0.25) is 0 Å². The number of hydrogen-bond donors (Lipinski definition) is 0. The molecule has 0 fully saturated rings. The maximum atomic E-state index is 12.6. The van der Waals surface area contributed by atoms with Crippen LogP contribution in [-0.2, 0) is 0 Å². The first-order valence-corrected chi connectivity index (χ1v) is 3.66. The predicted molar refractivity (Wildman–Crippen MR) is 41.5 cm³/mol. The second-order valence-corrected chi connectivity index (χ2v) is 2.69. The molecular weight excluding hydrogens is 196 g/mol. The van der Waals surface area contributed by atoms with E-state index >= 15 is 0 Å². The fourth-order valence-corrected chi connectivity index (χ4v) is 1.10. The van der Waals surface area contributed by atoms with Crippen LogP contribution in [0.3, 0.4) is 0 Å². The topological polar surface area (TPSA) is 0 Å². The van der Waals surface area contributed by atoms with Gasteiger partial charge in [-0.05, 0) is 22.9 Å². The van der Waals surface area contributed by atoms with Gasteiger partial charge in [-0.25, -0.2) is 17.6 Å². The normalized spacial score (nSPS) is 10.9. The molecule has 0 atom stereocenters. The predicted octanol–water partition coefficient (Wildman–Crippen LogP) is 3.00. The quantitative estimate of drug-likeness (QED) is 0.571. The molecule has 70 valence electrons. The number of hydrogen-bond acceptors (Lipinski definition) is 0. The summed E-state index contributed by atoms with van der Waals surface area (Å²) in [6.07, 6.45) is 0. The first kappa shape index (κ1) is 8.99. The third-order valence-corrected chi connectivity index (χ3v) is 1.74. The van der Waals surface area contributed by atoms with Crippen LogP contribution < -0.4 is 0 Å². The molecule has 0 unspecified atom stereocenters. The first-order chi connectivity index (χ1) is 6.58. The van der Waals surface area contributed by atoms with Gasteiger partial charge >= 0.3 is 0 Å². The van der Waals surface area contributed by atoms with Crippen molar-refractivity contribution in [2.75, 3.05) is 0 Å². The van der Waals surface area contributed by atoms with Gasteiger partial charge in [0.15, 0.2) is 23.3 Å². The van der Waals surface area contributed by atoms with E-state index in [9.17, 15) is 17.6 Å². The van der Waals surface area contributed by atoms with E-state index in [1.165, 1.54) is 0 Å². The Labute approximate surface area is 76.8 Å². The van der Waals surface area contributed by atoms with Crippen molar-refractivity contribution >= 4 is 10.8 Å². The van der Waals surface area contributed by atoms with Crippen LogP contribution in [0.4, 0.5) is 17.6 Å². The van der Waals surface area contributed by atoms with Crippen molar-refractivity contribution in [1.29, 1.82) is 0 Å². The van der Waals surface area contributed by atoms with Crippen molar-refractivity contribution in [3.8, 4) is 0 Å². The summed E-state index contributed by atoms with van der Waals surface area (Å²) in [7, 11) is 0. The third kappa shape index (κ3) is 1.32. The molecule has 0 aromatic heterocycles. The van der Waals surface area contributed by atoms with E-state index in [-0.39, 0.29) is 10.8 Å². The average molecular weight is 198 g/mol. The molecule has 0 spiro atoms. The van der Waals surface area contributed by atoms with Crippen LogP contribution in [0.2, 0.25) is 0 Å². The Hall–Kier alpha value is -1.58. The minimum absolute atomic E-state index is 0.0530. The Balaban J connectivity index is 2.83. The number of fused-ring (bicyclic) bond motifs is 1. The highest BCUT2D eigenvalue weighted by atomic mass is 19.2. The Morgan fingerprint density at radius 1 is 0.714 bits per heavy atom. The molecule has 2 aromatic carbocycles. The maximum Gasteiger partial charge on any atom is 0.167 e. The van der Waals surface area contributed by atoms with Crippen LogP contribution in [0, 0.1) is 35.4 Å². The van der Waals surface area contributed by atoms with Gasteiger partial charge < -0.3 is 0 Å². The monoisotopic (exact) mass is 198 g/mol. The second-order valence-electron chi connectivity index (χ2n) is 2.69. The van der Waals surface area contributed by atoms with Gasteiger partial charge in [-0.15, -0.1) is 0 Å².